The molecule has 8 heteroatoms. The van der Waals surface area contributed by atoms with Gasteiger partial charge in [0.05, 0.1) is 10.9 Å². The summed E-state index contributed by atoms with van der Waals surface area (Å²) in [6, 6.07) is 1.26. The minimum Gasteiger partial charge on any atom is -0.399 e. The number of nitrogens with two attached hydrogens (primary N) is 1. The van der Waals surface area contributed by atoms with E-state index in [0.29, 0.717) is 6.54 Å². The number of carbonyl (C=O) groups is 1. The van der Waals surface area contributed by atoms with Crippen molar-refractivity contribution in [1.29, 1.82) is 0 Å². The number of rotatable bonds is 5. The van der Waals surface area contributed by atoms with Gasteiger partial charge >= 0.3 is 0 Å². The van der Waals surface area contributed by atoms with Gasteiger partial charge in [-0.3, -0.25) is 4.79 Å². The molecule has 1 aromatic carbocycles. The largest absolute Gasteiger partial charge is 0.399 e. The molecule has 0 spiro atoms. The maximum Gasteiger partial charge on any atom is 0.241 e. The quantitative estimate of drug-likeness (QED) is 0.788. The van der Waals surface area contributed by atoms with Crippen LogP contribution < -0.4 is 10.5 Å². The average molecular weight is 317 g/mol. The zero-order valence-electron chi connectivity index (χ0n) is 12.5. The van der Waals surface area contributed by atoms with Gasteiger partial charge in [0.1, 0.15) is 5.82 Å². The number of nitrogen functional groups attached to an aromatic ring is 1. The third kappa shape index (κ3) is 3.92. The topological polar surface area (TPSA) is 92.5 Å². The highest BCUT2D eigenvalue weighted by Crippen LogP contribution is 2.22. The Hall–Kier alpha value is -1.67. The zero-order chi connectivity index (χ0) is 16.4. The van der Waals surface area contributed by atoms with E-state index in [1.165, 1.54) is 24.8 Å². The fourth-order valence-electron chi connectivity index (χ4n) is 1.79. The summed E-state index contributed by atoms with van der Waals surface area (Å²) in [5.41, 5.74) is 5.44. The van der Waals surface area contributed by atoms with Crippen LogP contribution in [0.1, 0.15) is 19.4 Å². The Morgan fingerprint density at radius 1 is 1.48 bits per heavy atom. The van der Waals surface area contributed by atoms with E-state index in [9.17, 15) is 17.6 Å². The molecule has 0 saturated heterocycles. The summed E-state index contributed by atoms with van der Waals surface area (Å²) in [6.45, 7) is 5.01. The van der Waals surface area contributed by atoms with Gasteiger partial charge in [-0.25, -0.2) is 12.8 Å². The molecule has 0 aromatic heterocycles. The molecule has 0 aliphatic rings. The van der Waals surface area contributed by atoms with Crippen molar-refractivity contribution in [2.45, 2.75) is 31.7 Å². The first-order valence-corrected chi connectivity index (χ1v) is 7.91. The summed E-state index contributed by atoms with van der Waals surface area (Å²) >= 11 is 0. The van der Waals surface area contributed by atoms with Crippen LogP contribution in [0.15, 0.2) is 17.0 Å². The molecule has 0 aliphatic carbocycles. The highest BCUT2D eigenvalue weighted by Gasteiger charge is 2.26. The molecule has 0 radical (unpaired) electrons. The zero-order valence-corrected chi connectivity index (χ0v) is 13.3. The highest BCUT2D eigenvalue weighted by molar-refractivity contribution is 7.89. The third-order valence-corrected chi connectivity index (χ3v) is 4.83. The van der Waals surface area contributed by atoms with Crippen LogP contribution in [0.2, 0.25) is 0 Å². The highest BCUT2D eigenvalue weighted by atomic mass is 32.2. The minimum absolute atomic E-state index is 0.00290. The molecule has 1 rings (SSSR count). The lowest BCUT2D eigenvalue weighted by Crippen LogP contribution is -2.45. The van der Waals surface area contributed by atoms with E-state index < -0.39 is 21.9 Å². The van der Waals surface area contributed by atoms with Crippen LogP contribution in [0.25, 0.3) is 0 Å². The van der Waals surface area contributed by atoms with Crippen LogP contribution in [0.5, 0.6) is 0 Å². The summed E-state index contributed by atoms with van der Waals surface area (Å²) in [5, 5.41) is 0. The number of halogens is 1. The number of hydrogen-bond acceptors (Lipinski definition) is 4. The monoisotopic (exact) mass is 317 g/mol. The van der Waals surface area contributed by atoms with Crippen molar-refractivity contribution in [1.82, 2.24) is 9.62 Å². The Kier molecular flexibility index (Phi) is 5.30. The van der Waals surface area contributed by atoms with Crippen LogP contribution in [-0.2, 0) is 14.8 Å². The van der Waals surface area contributed by atoms with Crippen molar-refractivity contribution >= 4 is 21.6 Å². The number of amides is 1. The Morgan fingerprint density at radius 2 is 2.05 bits per heavy atom. The second kappa shape index (κ2) is 6.40. The maximum absolute atomic E-state index is 13.6. The average Bonchev–Trinajstić information content (AvgIpc) is 2.40. The Morgan fingerprint density at radius 3 is 2.57 bits per heavy atom. The molecule has 3 N–H and O–H groups in total. The lowest BCUT2D eigenvalue weighted by Gasteiger charge is -2.21. The van der Waals surface area contributed by atoms with Crippen molar-refractivity contribution in [3.8, 4) is 0 Å². The Bertz CT molecular complexity index is 646. The summed E-state index contributed by atoms with van der Waals surface area (Å²) in [7, 11) is -2.47. The molecule has 6 nitrogen and oxygen atoms in total. The van der Waals surface area contributed by atoms with Gasteiger partial charge in [-0.15, -0.1) is 0 Å². The first-order valence-electron chi connectivity index (χ1n) is 6.43. The van der Waals surface area contributed by atoms with Gasteiger partial charge in [0.15, 0.2) is 0 Å². The molecular weight excluding hydrogens is 297 g/mol. The number of sulfonamides is 1. The normalized spacial score (nSPS) is 13.0. The first kappa shape index (κ1) is 17.4. The van der Waals surface area contributed by atoms with E-state index >= 15 is 0 Å². The second-order valence-corrected chi connectivity index (χ2v) is 6.50. The van der Waals surface area contributed by atoms with Crippen LogP contribution in [0.4, 0.5) is 10.1 Å². The van der Waals surface area contributed by atoms with E-state index in [4.69, 9.17) is 5.73 Å². The molecular formula is C13H20FN3O3S. The van der Waals surface area contributed by atoms with Crippen molar-refractivity contribution in [3.05, 3.63) is 23.5 Å². The smallest absolute Gasteiger partial charge is 0.241 e. The fourth-order valence-corrected chi connectivity index (χ4v) is 3.27. The third-order valence-electron chi connectivity index (χ3n) is 3.16. The van der Waals surface area contributed by atoms with E-state index in [1.807, 2.05) is 0 Å². The lowest BCUT2D eigenvalue weighted by atomic mass is 10.2. The SMILES string of the molecule is CCN(C)C(=O)C(C)NS(=O)(=O)c1cc(N)cc(F)c1C. The standard InChI is InChI=1S/C13H20FN3O3S/c1-5-17(4)13(18)9(3)16-21(19,20)12-7-10(15)6-11(14)8(12)2/h6-7,9,16H,5,15H2,1-4H3. The van der Waals surface area contributed by atoms with Gasteiger partial charge in [-0.05, 0) is 32.9 Å². The lowest BCUT2D eigenvalue weighted by molar-refractivity contribution is -0.131. The van der Waals surface area contributed by atoms with Crippen LogP contribution in [0, 0.1) is 12.7 Å². The number of carbonyl (C=O) groups excluding carboxylic acids is 1. The molecule has 0 saturated carbocycles. The summed E-state index contributed by atoms with van der Waals surface area (Å²) < 4.78 is 40.4. The minimum atomic E-state index is -4.04. The molecule has 118 valence electrons. The maximum atomic E-state index is 13.6. The van der Waals surface area contributed by atoms with Crippen molar-refractivity contribution in [3.63, 3.8) is 0 Å². The predicted octanol–water partition coefficient (Wildman–Crippen LogP) is 0.861. The van der Waals surface area contributed by atoms with Crippen LogP contribution in [0.3, 0.4) is 0 Å². The van der Waals surface area contributed by atoms with Crippen molar-refractivity contribution in [2.75, 3.05) is 19.3 Å². The van der Waals surface area contributed by atoms with Gasteiger partial charge in [-0.1, -0.05) is 0 Å². The van der Waals surface area contributed by atoms with Gasteiger partial charge in [0.25, 0.3) is 0 Å². The fraction of sp³-hybridized carbons (Fsp3) is 0.462. The van der Waals surface area contributed by atoms with Gasteiger partial charge in [0, 0.05) is 24.8 Å². The Labute approximate surface area is 124 Å². The predicted molar refractivity (Wildman–Crippen MR) is 78.6 cm³/mol. The van der Waals surface area contributed by atoms with E-state index in [2.05, 4.69) is 4.72 Å². The number of nitrogens with zero attached hydrogens (tertiary/aromatic N) is 1. The van der Waals surface area contributed by atoms with Crippen LogP contribution in [-0.4, -0.2) is 38.9 Å². The first-order chi connectivity index (χ1) is 9.60. The van der Waals surface area contributed by atoms with E-state index in [1.54, 1.807) is 14.0 Å². The number of benzene rings is 1. The molecule has 0 heterocycles. The van der Waals surface area contributed by atoms with Crippen molar-refractivity contribution < 1.29 is 17.6 Å². The van der Waals surface area contributed by atoms with Crippen molar-refractivity contribution in [2.24, 2.45) is 0 Å². The molecule has 21 heavy (non-hydrogen) atoms. The summed E-state index contributed by atoms with van der Waals surface area (Å²) in [6.07, 6.45) is 0. The number of anilines is 1. The second-order valence-electron chi connectivity index (χ2n) is 4.82. The van der Waals surface area contributed by atoms with Gasteiger partial charge in [-0.2, -0.15) is 4.72 Å². The molecule has 1 amide bonds. The molecule has 1 atom stereocenters. The van der Waals surface area contributed by atoms with Gasteiger partial charge in [0.2, 0.25) is 15.9 Å². The molecule has 0 aliphatic heterocycles. The summed E-state index contributed by atoms with van der Waals surface area (Å²) in [4.78, 5) is 13.0. The molecule has 1 aromatic rings. The number of nitrogens with one attached hydrogen (secondary N) is 1. The summed E-state index contributed by atoms with van der Waals surface area (Å²) in [5.74, 6) is -1.08. The van der Waals surface area contributed by atoms with E-state index in [0.717, 1.165) is 6.07 Å². The number of likely N-dealkylation sites (N-methyl/N-ethyl adjacent to an activating group) is 1. The Balaban J connectivity index is 3.11. The molecule has 0 bridgehead atoms. The molecule has 0 fully saturated rings. The number of hydrogen-bond donors (Lipinski definition) is 2. The van der Waals surface area contributed by atoms with Gasteiger partial charge < -0.3 is 10.6 Å². The van der Waals surface area contributed by atoms with Crippen LogP contribution >= 0.6 is 0 Å². The van der Waals surface area contributed by atoms with E-state index in [-0.39, 0.29) is 22.1 Å². The molecule has 1 unspecified atom stereocenters.